The third-order valence-corrected chi connectivity index (χ3v) is 4.61. The summed E-state index contributed by atoms with van der Waals surface area (Å²) in [4.78, 5) is 28.1. The van der Waals surface area contributed by atoms with Crippen molar-refractivity contribution >= 4 is 17.5 Å². The summed E-state index contributed by atoms with van der Waals surface area (Å²) < 4.78 is 40.0. The fourth-order valence-corrected chi connectivity index (χ4v) is 3.11. The number of alkyl halides is 2. The topological polar surface area (TPSA) is 68.3 Å². The average molecular weight is 420 g/mol. The highest BCUT2D eigenvalue weighted by Gasteiger charge is 2.26. The molecular formula is C21H22F2N2O5. The average Bonchev–Trinajstić information content (AvgIpc) is 2.87. The normalized spacial score (nSPS) is 13.4. The van der Waals surface area contributed by atoms with E-state index in [0.29, 0.717) is 17.0 Å². The standard InChI is InChI=1S/C21H22F2N2O5/c1-24(12-14-7-8-17(30-21(22)23)18(11-14)28-2)20(27)13-25-15-5-3-4-6-16(15)29-10-9-19(25)26/h3-8,11,21H,9-10,12-13H2,1-2H3. The Bertz CT molecular complexity index is 922. The zero-order chi connectivity index (χ0) is 21.7. The third-order valence-electron chi connectivity index (χ3n) is 4.61. The Kier molecular flexibility index (Phi) is 6.71. The summed E-state index contributed by atoms with van der Waals surface area (Å²) in [5.74, 6) is 0.126. The van der Waals surface area contributed by atoms with Gasteiger partial charge in [-0.3, -0.25) is 14.5 Å². The molecule has 2 aromatic rings. The van der Waals surface area contributed by atoms with Gasteiger partial charge in [0.2, 0.25) is 11.8 Å². The van der Waals surface area contributed by atoms with Crippen LogP contribution in [0.3, 0.4) is 0 Å². The van der Waals surface area contributed by atoms with Crippen LogP contribution in [-0.4, -0.2) is 50.6 Å². The van der Waals surface area contributed by atoms with Crippen LogP contribution >= 0.6 is 0 Å². The highest BCUT2D eigenvalue weighted by atomic mass is 19.3. The first-order valence-electron chi connectivity index (χ1n) is 9.27. The van der Waals surface area contributed by atoms with Gasteiger partial charge in [0, 0.05) is 13.6 Å². The number of fused-ring (bicyclic) bond motifs is 1. The van der Waals surface area contributed by atoms with Crippen molar-refractivity contribution in [3.63, 3.8) is 0 Å². The Labute approximate surface area is 172 Å². The Morgan fingerprint density at radius 3 is 2.73 bits per heavy atom. The van der Waals surface area contributed by atoms with Gasteiger partial charge in [0.15, 0.2) is 11.5 Å². The predicted molar refractivity (Wildman–Crippen MR) is 105 cm³/mol. The first-order valence-corrected chi connectivity index (χ1v) is 9.27. The van der Waals surface area contributed by atoms with Crippen LogP contribution in [0.2, 0.25) is 0 Å². The van der Waals surface area contributed by atoms with Gasteiger partial charge in [0.1, 0.15) is 12.3 Å². The van der Waals surface area contributed by atoms with Crippen molar-refractivity contribution in [1.29, 1.82) is 0 Å². The van der Waals surface area contributed by atoms with E-state index in [1.165, 1.54) is 29.0 Å². The predicted octanol–water partition coefficient (Wildman–Crippen LogP) is 3.07. The molecule has 0 aromatic heterocycles. The molecular weight excluding hydrogens is 398 g/mol. The summed E-state index contributed by atoms with van der Waals surface area (Å²) in [6.07, 6.45) is 0.175. The molecule has 3 rings (SSSR count). The number of methoxy groups -OCH3 is 1. The molecule has 7 nitrogen and oxygen atoms in total. The molecule has 1 aliphatic rings. The number of para-hydroxylation sites is 2. The smallest absolute Gasteiger partial charge is 0.387 e. The number of benzene rings is 2. The molecule has 9 heteroatoms. The number of ether oxygens (including phenoxy) is 3. The first kappa shape index (κ1) is 21.4. The molecule has 0 unspecified atom stereocenters. The minimum absolute atomic E-state index is 0.0861. The highest BCUT2D eigenvalue weighted by molar-refractivity contribution is 6.00. The van der Waals surface area contributed by atoms with E-state index in [9.17, 15) is 18.4 Å². The van der Waals surface area contributed by atoms with Gasteiger partial charge in [-0.25, -0.2) is 0 Å². The highest BCUT2D eigenvalue weighted by Crippen LogP contribution is 2.32. The Balaban J connectivity index is 1.71. The number of anilines is 1. The maximum atomic E-state index is 12.8. The van der Waals surface area contributed by atoms with Crippen molar-refractivity contribution in [2.24, 2.45) is 0 Å². The molecule has 0 N–H and O–H groups in total. The van der Waals surface area contributed by atoms with Gasteiger partial charge in [-0.05, 0) is 29.8 Å². The number of halogens is 2. The lowest BCUT2D eigenvalue weighted by Crippen LogP contribution is -2.41. The lowest BCUT2D eigenvalue weighted by molar-refractivity contribution is -0.130. The second-order valence-corrected chi connectivity index (χ2v) is 6.66. The second kappa shape index (κ2) is 9.43. The quantitative estimate of drug-likeness (QED) is 0.689. The number of carbonyl (C=O) groups excluding carboxylic acids is 2. The zero-order valence-electron chi connectivity index (χ0n) is 16.6. The molecule has 1 heterocycles. The number of likely N-dealkylation sites (N-methyl/N-ethyl adjacent to an activating group) is 1. The molecule has 0 atom stereocenters. The summed E-state index contributed by atoms with van der Waals surface area (Å²) >= 11 is 0. The maximum Gasteiger partial charge on any atom is 0.387 e. The van der Waals surface area contributed by atoms with Gasteiger partial charge in [-0.2, -0.15) is 8.78 Å². The van der Waals surface area contributed by atoms with E-state index in [0.717, 1.165) is 0 Å². The number of rotatable bonds is 7. The molecule has 160 valence electrons. The number of amides is 2. The molecule has 0 aliphatic carbocycles. The third kappa shape index (κ3) is 4.97. The number of nitrogens with zero attached hydrogens (tertiary/aromatic N) is 2. The van der Waals surface area contributed by atoms with Gasteiger partial charge in [-0.1, -0.05) is 18.2 Å². The molecule has 0 saturated carbocycles. The molecule has 30 heavy (non-hydrogen) atoms. The van der Waals surface area contributed by atoms with Crippen molar-refractivity contribution in [1.82, 2.24) is 4.90 Å². The van der Waals surface area contributed by atoms with Crippen LogP contribution in [0.1, 0.15) is 12.0 Å². The van der Waals surface area contributed by atoms with Crippen LogP contribution in [0.15, 0.2) is 42.5 Å². The Hall–Kier alpha value is -3.36. The van der Waals surface area contributed by atoms with Crippen LogP contribution in [0.4, 0.5) is 14.5 Å². The summed E-state index contributed by atoms with van der Waals surface area (Å²) in [6.45, 7) is -2.65. The van der Waals surface area contributed by atoms with Crippen LogP contribution in [-0.2, 0) is 16.1 Å². The fraction of sp³-hybridized carbons (Fsp3) is 0.333. The molecule has 0 radical (unpaired) electrons. The SMILES string of the molecule is COc1cc(CN(C)C(=O)CN2C(=O)CCOc3ccccc32)ccc1OC(F)F. The lowest BCUT2D eigenvalue weighted by Gasteiger charge is -2.25. The molecule has 0 fully saturated rings. The van der Waals surface area contributed by atoms with Crippen LogP contribution in [0, 0.1) is 0 Å². The summed E-state index contributed by atoms with van der Waals surface area (Å²) in [5, 5.41) is 0. The van der Waals surface area contributed by atoms with E-state index >= 15 is 0 Å². The van der Waals surface area contributed by atoms with Crippen LogP contribution in [0.5, 0.6) is 17.2 Å². The van der Waals surface area contributed by atoms with Crippen LogP contribution in [0.25, 0.3) is 0 Å². The van der Waals surface area contributed by atoms with Gasteiger partial charge >= 0.3 is 6.61 Å². The maximum absolute atomic E-state index is 12.8. The fourth-order valence-electron chi connectivity index (χ4n) is 3.11. The molecule has 0 spiro atoms. The number of hydrogen-bond acceptors (Lipinski definition) is 5. The van der Waals surface area contributed by atoms with Gasteiger partial charge in [-0.15, -0.1) is 0 Å². The monoisotopic (exact) mass is 420 g/mol. The number of hydrogen-bond donors (Lipinski definition) is 0. The molecule has 2 amide bonds. The second-order valence-electron chi connectivity index (χ2n) is 6.66. The minimum atomic E-state index is -2.97. The first-order chi connectivity index (χ1) is 14.4. The van der Waals surface area contributed by atoms with Crippen molar-refractivity contribution in [3.8, 4) is 17.2 Å². The van der Waals surface area contributed by atoms with Gasteiger partial charge < -0.3 is 19.1 Å². The minimum Gasteiger partial charge on any atom is -0.493 e. The van der Waals surface area contributed by atoms with E-state index in [1.54, 1.807) is 37.4 Å². The van der Waals surface area contributed by atoms with E-state index in [-0.39, 0.29) is 49.4 Å². The zero-order valence-corrected chi connectivity index (χ0v) is 16.6. The van der Waals surface area contributed by atoms with E-state index in [4.69, 9.17) is 9.47 Å². The van der Waals surface area contributed by atoms with E-state index in [2.05, 4.69) is 4.74 Å². The van der Waals surface area contributed by atoms with Crippen molar-refractivity contribution in [3.05, 3.63) is 48.0 Å². The largest absolute Gasteiger partial charge is 0.493 e. The van der Waals surface area contributed by atoms with Crippen molar-refractivity contribution in [2.45, 2.75) is 19.6 Å². The lowest BCUT2D eigenvalue weighted by atomic mass is 10.2. The number of carbonyl (C=O) groups is 2. The van der Waals surface area contributed by atoms with Crippen molar-refractivity contribution < 1.29 is 32.6 Å². The van der Waals surface area contributed by atoms with Gasteiger partial charge in [0.05, 0.1) is 25.8 Å². The Morgan fingerprint density at radius 1 is 1.23 bits per heavy atom. The molecule has 1 aliphatic heterocycles. The molecule has 0 bridgehead atoms. The Morgan fingerprint density at radius 2 is 2.00 bits per heavy atom. The molecule has 2 aromatic carbocycles. The summed E-state index contributed by atoms with van der Waals surface area (Å²) in [5.41, 5.74) is 1.21. The van der Waals surface area contributed by atoms with Gasteiger partial charge in [0.25, 0.3) is 0 Å². The van der Waals surface area contributed by atoms with Crippen LogP contribution < -0.4 is 19.1 Å². The van der Waals surface area contributed by atoms with E-state index in [1.807, 2.05) is 0 Å². The van der Waals surface area contributed by atoms with E-state index < -0.39 is 6.61 Å². The summed E-state index contributed by atoms with van der Waals surface area (Å²) in [6, 6.07) is 11.5. The van der Waals surface area contributed by atoms with Crippen molar-refractivity contribution in [2.75, 3.05) is 32.2 Å². The summed E-state index contributed by atoms with van der Waals surface area (Å²) in [7, 11) is 2.94. The molecule has 0 saturated heterocycles.